The van der Waals surface area contributed by atoms with E-state index in [0.29, 0.717) is 0 Å². The second-order valence-electron chi connectivity index (χ2n) is 1.79. The number of carbonyl (C=O) groups is 3. The van der Waals surface area contributed by atoms with Crippen molar-refractivity contribution in [1.29, 1.82) is 0 Å². The van der Waals surface area contributed by atoms with Gasteiger partial charge in [0.05, 0.1) is 11.9 Å². The summed E-state index contributed by atoms with van der Waals surface area (Å²) in [4.78, 5) is 27.7. The van der Waals surface area contributed by atoms with Crippen LogP contribution in [0.15, 0.2) is 0 Å². The van der Waals surface area contributed by atoms with Crippen LogP contribution in [0.3, 0.4) is 0 Å². The third kappa shape index (κ3) is 23.9. The smallest absolute Gasteiger partial charge is 0.565 e. The van der Waals surface area contributed by atoms with Gasteiger partial charge in [0.1, 0.15) is 12.2 Å². The topological polar surface area (TPSA) is 181 Å². The first-order chi connectivity index (χ1) is 6.20. The van der Waals surface area contributed by atoms with Gasteiger partial charge in [0, 0.05) is 0 Å². The van der Waals surface area contributed by atoms with E-state index in [2.05, 4.69) is 0 Å². The fourth-order valence-electron chi connectivity index (χ4n) is 0.258. The second kappa shape index (κ2) is 18.4. The first-order valence-electron chi connectivity index (χ1n) is 2.88. The summed E-state index contributed by atoms with van der Waals surface area (Å²) in [5, 5.41) is 51.0. The van der Waals surface area contributed by atoms with Gasteiger partial charge in [-0.25, -0.2) is 0 Å². The summed E-state index contributed by atoms with van der Waals surface area (Å²) in [6.07, 6.45) is -6.96. The van der Waals surface area contributed by atoms with Crippen LogP contribution < -0.4 is 148 Å². The van der Waals surface area contributed by atoms with E-state index in [1.807, 2.05) is 0 Å². The minimum absolute atomic E-state index is 0. The number of rotatable bonds is 3. The van der Waals surface area contributed by atoms with Crippen LogP contribution in [0, 0.1) is 0 Å². The largest absolute Gasteiger partial charge is 1.00 e. The van der Waals surface area contributed by atoms with Crippen molar-refractivity contribution in [2.24, 2.45) is 0 Å². The van der Waals surface area contributed by atoms with Gasteiger partial charge in [-0.3, -0.25) is 0 Å². The Morgan fingerprint density at radius 3 is 1.00 bits per heavy atom. The van der Waals surface area contributed by atoms with Crippen LogP contribution >= 0.6 is 0 Å². The molecular weight excluding hydrogens is 305 g/mol. The molecule has 0 aliphatic rings. The van der Waals surface area contributed by atoms with Gasteiger partial charge in [-0.05, 0) is 0 Å². The van der Waals surface area contributed by atoms with Gasteiger partial charge >= 0.3 is 132 Å². The second-order valence-corrected chi connectivity index (χ2v) is 1.79. The summed E-state index contributed by atoms with van der Waals surface area (Å²) in [5.74, 6) is -4.12. The molecule has 0 saturated carbocycles. The number of hydrogen-bond acceptors (Lipinski definition) is 8. The zero-order chi connectivity index (χ0) is 11.9. The molecule has 0 saturated heterocycles. The van der Waals surface area contributed by atoms with E-state index in [0.717, 1.165) is 0 Å². The zero-order valence-electron chi connectivity index (χ0n) is 9.45. The Labute approximate surface area is 203 Å². The van der Waals surface area contributed by atoms with Gasteiger partial charge in [-0.15, -0.1) is 0 Å². The average molecular weight is 310 g/mol. The van der Waals surface area contributed by atoms with Crippen LogP contribution in [0.25, 0.3) is 0 Å². The molecule has 2 unspecified atom stereocenters. The zero-order valence-corrected chi connectivity index (χ0v) is 17.7. The molecule has 82 valence electrons. The number of carboxylic acids is 2. The third-order valence-corrected chi connectivity index (χ3v) is 0.782. The van der Waals surface area contributed by atoms with Crippen LogP contribution in [0.5, 0.6) is 0 Å². The fourth-order valence-corrected chi connectivity index (χ4v) is 0.258. The monoisotopic (exact) mass is 310 g/mol. The number of carbonyl (C=O) groups excluding carboxylic acids is 2. The summed E-state index contributed by atoms with van der Waals surface area (Å²) in [5.41, 5.74) is 0. The maximum Gasteiger partial charge on any atom is 1.00 e. The molecule has 0 amide bonds. The van der Waals surface area contributed by atoms with E-state index >= 15 is 0 Å². The molecule has 0 spiro atoms. The molecule has 0 aromatic rings. The molecule has 9 nitrogen and oxygen atoms in total. The molecule has 0 aliphatic carbocycles. The van der Waals surface area contributed by atoms with Crippen molar-refractivity contribution in [1.82, 2.24) is 0 Å². The number of aliphatic hydroxyl groups is 2. The molecule has 0 heterocycles. The van der Waals surface area contributed by atoms with Crippen molar-refractivity contribution in [2.45, 2.75) is 12.2 Å². The van der Waals surface area contributed by atoms with Gasteiger partial charge in [-0.2, -0.15) is 0 Å². The molecule has 12 heteroatoms. The summed E-state index contributed by atoms with van der Waals surface area (Å²) >= 11 is 0. The summed E-state index contributed by atoms with van der Waals surface area (Å²) < 4.78 is 0. The van der Waals surface area contributed by atoms with Crippen molar-refractivity contribution in [3.63, 3.8) is 0 Å². The number of carboxylic acid groups (broad SMARTS) is 4. The molecule has 3 N–H and O–H groups in total. The van der Waals surface area contributed by atoms with Gasteiger partial charge in [0.25, 0.3) is 0 Å². The fraction of sp³-hybridized carbons (Fsp3) is 0.400. The first-order valence-corrected chi connectivity index (χ1v) is 2.88. The van der Waals surface area contributed by atoms with E-state index in [9.17, 15) is 19.8 Å². The maximum atomic E-state index is 9.63. The van der Waals surface area contributed by atoms with E-state index in [4.69, 9.17) is 25.2 Å². The molecule has 0 aliphatic heterocycles. The van der Waals surface area contributed by atoms with Crippen LogP contribution in [0.2, 0.25) is 0 Å². The van der Waals surface area contributed by atoms with Crippen molar-refractivity contribution >= 4 is 18.1 Å². The molecule has 0 radical (unpaired) electrons. The third-order valence-electron chi connectivity index (χ3n) is 0.782. The summed E-state index contributed by atoms with van der Waals surface area (Å²) in [7, 11) is 0. The average Bonchev–Trinajstić information content (AvgIpc) is 2.00. The van der Waals surface area contributed by atoms with E-state index in [1.165, 1.54) is 0 Å². The Balaban J connectivity index is -0.0000000607. The molecular formula is C5H5K2NaO9. The Hall–Kier alpha value is 2.40. The summed E-state index contributed by atoms with van der Waals surface area (Å²) in [6.45, 7) is 0. The normalized spacial score (nSPS) is 10.7. The molecule has 0 bridgehead atoms. The Morgan fingerprint density at radius 2 is 0.941 bits per heavy atom. The molecule has 17 heavy (non-hydrogen) atoms. The SMILES string of the molecule is O=C([O-])C(O)C(O)C(=O)[O-].O=C([O-])O.[K+].[K+].[Na+]. The Morgan fingerprint density at radius 1 is 0.824 bits per heavy atom. The molecule has 0 fully saturated rings. The van der Waals surface area contributed by atoms with Crippen LogP contribution in [0.1, 0.15) is 0 Å². The Kier molecular flexibility index (Phi) is 34.3. The van der Waals surface area contributed by atoms with Gasteiger partial charge < -0.3 is 45.0 Å². The molecule has 0 aromatic heterocycles. The van der Waals surface area contributed by atoms with Crippen LogP contribution in [-0.4, -0.2) is 45.6 Å². The molecule has 0 aromatic carbocycles. The quantitative estimate of drug-likeness (QED) is 0.426. The molecule has 2 atom stereocenters. The van der Waals surface area contributed by atoms with Crippen molar-refractivity contribution in [2.75, 3.05) is 0 Å². The van der Waals surface area contributed by atoms with Crippen molar-refractivity contribution < 1.29 is 177 Å². The predicted octanol–water partition coefficient (Wildman–Crippen LogP) is -14.9. The van der Waals surface area contributed by atoms with Crippen LogP contribution in [0.4, 0.5) is 4.79 Å². The molecule has 0 rings (SSSR count). The predicted molar refractivity (Wildman–Crippen MR) is 30.1 cm³/mol. The minimum atomic E-state index is -2.44. The van der Waals surface area contributed by atoms with Gasteiger partial charge in [-0.1, -0.05) is 0 Å². The minimum Gasteiger partial charge on any atom is -0.565 e. The summed E-state index contributed by atoms with van der Waals surface area (Å²) in [6, 6.07) is 0. The first kappa shape index (κ1) is 31.7. The van der Waals surface area contributed by atoms with E-state index < -0.39 is 30.3 Å². The van der Waals surface area contributed by atoms with E-state index in [1.54, 1.807) is 0 Å². The Bertz CT molecular complexity index is 213. The van der Waals surface area contributed by atoms with Gasteiger partial charge in [0.2, 0.25) is 6.16 Å². The number of hydrogen-bond donors (Lipinski definition) is 3. The number of aliphatic carboxylic acids is 2. The standard InChI is InChI=1S/C4H6O6.CH2O3.2K.Na/c5-1(3(7)8)2(6)4(9)10;2-1(3)4;;;/h1-2,5-6H,(H,7,8)(H,9,10);(H2,2,3,4);;;/q;;3*+1/p-3. The van der Waals surface area contributed by atoms with Crippen molar-refractivity contribution in [3.05, 3.63) is 0 Å². The van der Waals surface area contributed by atoms with Crippen LogP contribution in [-0.2, 0) is 9.59 Å². The number of aliphatic hydroxyl groups excluding tert-OH is 2. The maximum absolute atomic E-state index is 9.63. The van der Waals surface area contributed by atoms with E-state index in [-0.39, 0.29) is 132 Å². The van der Waals surface area contributed by atoms with Crippen molar-refractivity contribution in [3.8, 4) is 0 Å². The van der Waals surface area contributed by atoms with Gasteiger partial charge in [0.15, 0.2) is 0 Å².